The van der Waals surface area contributed by atoms with Gasteiger partial charge in [0.2, 0.25) is 17.7 Å². The molecule has 3 saturated heterocycles. The molecule has 3 fully saturated rings. The first kappa shape index (κ1) is 22.1. The lowest BCUT2D eigenvalue weighted by atomic mass is 9.66. The molecule has 2 bridgehead atoms. The number of thioether (sulfide) groups is 1. The van der Waals surface area contributed by atoms with E-state index in [2.05, 4.69) is 17.6 Å². The summed E-state index contributed by atoms with van der Waals surface area (Å²) in [6, 6.07) is 8.51. The Hall–Kier alpha value is -2.06. The summed E-state index contributed by atoms with van der Waals surface area (Å²) in [6.45, 7) is 4.16. The summed E-state index contributed by atoms with van der Waals surface area (Å²) >= 11 is 1.65. The molecule has 3 unspecified atom stereocenters. The first-order valence-corrected chi connectivity index (χ1v) is 11.9. The SMILES string of the molecule is CC[C@@H](CO)N1C(=O)[C@@H]2[C@@H](C(=O)NC)[C@H]3CC(C)C2(S3)C1C(=O)NCc1ccccc1. The number of likely N-dealkylation sites (tertiary alicyclic amines) is 1. The monoisotopic (exact) mass is 445 g/mol. The molecule has 0 aliphatic carbocycles. The van der Waals surface area contributed by atoms with Crippen molar-refractivity contribution in [2.24, 2.45) is 17.8 Å². The van der Waals surface area contributed by atoms with E-state index < -0.39 is 28.7 Å². The van der Waals surface area contributed by atoms with Crippen LogP contribution in [-0.2, 0) is 20.9 Å². The van der Waals surface area contributed by atoms with Gasteiger partial charge in [0.25, 0.3) is 0 Å². The topological polar surface area (TPSA) is 98.7 Å². The van der Waals surface area contributed by atoms with Crippen LogP contribution in [-0.4, -0.2) is 63.5 Å². The average Bonchev–Trinajstić information content (AvgIpc) is 3.37. The fourth-order valence-corrected chi connectivity index (χ4v) is 8.32. The first-order chi connectivity index (χ1) is 14.9. The fraction of sp³-hybridized carbons (Fsp3) is 0.609. The summed E-state index contributed by atoms with van der Waals surface area (Å²) in [6.07, 6.45) is 1.35. The Kier molecular flexibility index (Phi) is 6.05. The lowest BCUT2D eigenvalue weighted by Gasteiger charge is -2.40. The molecule has 31 heavy (non-hydrogen) atoms. The summed E-state index contributed by atoms with van der Waals surface area (Å²) in [5, 5.41) is 15.8. The number of carbonyl (C=O) groups excluding carboxylic acids is 3. The highest BCUT2D eigenvalue weighted by Gasteiger charge is 2.76. The molecule has 4 rings (SSSR count). The van der Waals surface area contributed by atoms with Crippen LogP contribution in [0.3, 0.4) is 0 Å². The largest absolute Gasteiger partial charge is 0.394 e. The van der Waals surface area contributed by atoms with Gasteiger partial charge in [0.15, 0.2) is 0 Å². The second kappa shape index (κ2) is 8.47. The second-order valence-electron chi connectivity index (χ2n) is 8.86. The van der Waals surface area contributed by atoms with E-state index in [1.807, 2.05) is 37.3 Å². The lowest BCUT2D eigenvalue weighted by molar-refractivity contribution is -0.142. The van der Waals surface area contributed by atoms with Crippen molar-refractivity contribution in [1.29, 1.82) is 0 Å². The number of amides is 3. The van der Waals surface area contributed by atoms with Gasteiger partial charge in [0.05, 0.1) is 29.2 Å². The zero-order chi connectivity index (χ0) is 22.3. The lowest BCUT2D eigenvalue weighted by Crippen LogP contribution is -2.58. The molecule has 3 aliphatic rings. The molecule has 1 aromatic carbocycles. The van der Waals surface area contributed by atoms with E-state index in [4.69, 9.17) is 0 Å². The van der Waals surface area contributed by atoms with Crippen LogP contribution in [0.1, 0.15) is 32.3 Å². The maximum atomic E-state index is 13.7. The molecule has 7 nitrogen and oxygen atoms in total. The van der Waals surface area contributed by atoms with Crippen molar-refractivity contribution in [2.75, 3.05) is 13.7 Å². The predicted molar refractivity (Wildman–Crippen MR) is 119 cm³/mol. The summed E-state index contributed by atoms with van der Waals surface area (Å²) in [4.78, 5) is 41.7. The number of rotatable bonds is 7. The minimum atomic E-state index is -0.703. The molecular formula is C23H31N3O4S. The van der Waals surface area contributed by atoms with E-state index in [-0.39, 0.29) is 35.5 Å². The van der Waals surface area contributed by atoms with E-state index in [1.165, 1.54) is 0 Å². The molecule has 7 atom stereocenters. The molecule has 0 saturated carbocycles. The van der Waals surface area contributed by atoms with E-state index in [1.54, 1.807) is 23.7 Å². The van der Waals surface area contributed by atoms with Crippen molar-refractivity contribution in [3.8, 4) is 0 Å². The Labute approximate surface area is 187 Å². The van der Waals surface area contributed by atoms with Gasteiger partial charge in [-0.05, 0) is 24.3 Å². The zero-order valence-electron chi connectivity index (χ0n) is 18.2. The van der Waals surface area contributed by atoms with Crippen molar-refractivity contribution in [3.63, 3.8) is 0 Å². The molecular weight excluding hydrogens is 414 g/mol. The minimum absolute atomic E-state index is 0.0321. The van der Waals surface area contributed by atoms with Gasteiger partial charge >= 0.3 is 0 Å². The van der Waals surface area contributed by atoms with Gasteiger partial charge < -0.3 is 20.6 Å². The molecule has 8 heteroatoms. The van der Waals surface area contributed by atoms with E-state index in [0.29, 0.717) is 13.0 Å². The third-order valence-electron chi connectivity index (χ3n) is 7.37. The summed E-state index contributed by atoms with van der Waals surface area (Å²) < 4.78 is -0.651. The van der Waals surface area contributed by atoms with Gasteiger partial charge in [-0.15, -0.1) is 11.8 Å². The highest BCUT2D eigenvalue weighted by atomic mass is 32.2. The Morgan fingerprint density at radius 1 is 1.29 bits per heavy atom. The van der Waals surface area contributed by atoms with Crippen LogP contribution < -0.4 is 10.6 Å². The third kappa shape index (κ3) is 3.26. The Morgan fingerprint density at radius 2 is 2.00 bits per heavy atom. The van der Waals surface area contributed by atoms with Gasteiger partial charge in [0.1, 0.15) is 6.04 Å². The van der Waals surface area contributed by atoms with Crippen LogP contribution in [0.5, 0.6) is 0 Å². The van der Waals surface area contributed by atoms with Crippen LogP contribution in [0.25, 0.3) is 0 Å². The van der Waals surface area contributed by atoms with Crippen molar-refractivity contribution < 1.29 is 19.5 Å². The third-order valence-corrected chi connectivity index (χ3v) is 9.44. The number of aliphatic hydroxyl groups excluding tert-OH is 1. The number of benzene rings is 1. The maximum Gasteiger partial charge on any atom is 0.244 e. The zero-order valence-corrected chi connectivity index (χ0v) is 19.0. The van der Waals surface area contributed by atoms with Crippen LogP contribution in [0.2, 0.25) is 0 Å². The Bertz CT molecular complexity index is 862. The predicted octanol–water partition coefficient (Wildman–Crippen LogP) is 1.16. The summed E-state index contributed by atoms with van der Waals surface area (Å²) in [5.41, 5.74) is 0.981. The number of aliphatic hydroxyl groups is 1. The molecule has 3 heterocycles. The molecule has 1 spiro atoms. The maximum absolute atomic E-state index is 13.7. The minimum Gasteiger partial charge on any atom is -0.394 e. The summed E-state index contributed by atoms with van der Waals surface area (Å²) in [5.74, 6) is -1.37. The normalized spacial score (nSPS) is 34.5. The molecule has 0 aromatic heterocycles. The quantitative estimate of drug-likeness (QED) is 0.585. The van der Waals surface area contributed by atoms with Crippen molar-refractivity contribution in [3.05, 3.63) is 35.9 Å². The number of nitrogens with zero attached hydrogens (tertiary/aromatic N) is 1. The molecule has 1 aromatic rings. The van der Waals surface area contributed by atoms with Crippen molar-refractivity contribution in [2.45, 2.75) is 55.3 Å². The Morgan fingerprint density at radius 3 is 2.61 bits per heavy atom. The standard InChI is InChI=1S/C23H31N3O4S/c1-4-15(12-27)26-19(21(29)25-11-14-8-6-5-7-9-14)23-13(2)10-16(31-23)17(20(28)24-3)18(23)22(26)30/h5-9,13,15-19,27H,4,10-12H2,1-3H3,(H,24,28)(H,25,29)/t13?,15-,16+,17-,18-,19?,23?/m0/s1. The van der Waals surface area contributed by atoms with Crippen LogP contribution in [0, 0.1) is 17.8 Å². The van der Waals surface area contributed by atoms with Gasteiger partial charge in [-0.3, -0.25) is 14.4 Å². The Balaban J connectivity index is 1.72. The van der Waals surface area contributed by atoms with E-state index >= 15 is 0 Å². The number of fused-ring (bicyclic) bond motifs is 1. The van der Waals surface area contributed by atoms with Gasteiger partial charge in [-0.1, -0.05) is 44.2 Å². The fourth-order valence-electron chi connectivity index (χ4n) is 5.91. The molecule has 3 amide bonds. The number of hydrogen-bond acceptors (Lipinski definition) is 5. The first-order valence-electron chi connectivity index (χ1n) is 11.0. The highest BCUT2D eigenvalue weighted by molar-refractivity contribution is 8.02. The highest BCUT2D eigenvalue weighted by Crippen LogP contribution is 2.68. The average molecular weight is 446 g/mol. The van der Waals surface area contributed by atoms with Gasteiger partial charge in [0, 0.05) is 18.8 Å². The number of carbonyl (C=O) groups is 3. The second-order valence-corrected chi connectivity index (χ2v) is 10.4. The molecule has 0 radical (unpaired) electrons. The van der Waals surface area contributed by atoms with Crippen molar-refractivity contribution in [1.82, 2.24) is 15.5 Å². The van der Waals surface area contributed by atoms with Crippen LogP contribution in [0.4, 0.5) is 0 Å². The summed E-state index contributed by atoms with van der Waals surface area (Å²) in [7, 11) is 1.60. The van der Waals surface area contributed by atoms with Gasteiger partial charge in [-0.25, -0.2) is 0 Å². The molecule has 3 N–H and O–H groups in total. The number of hydrogen-bond donors (Lipinski definition) is 3. The van der Waals surface area contributed by atoms with E-state index in [0.717, 1.165) is 12.0 Å². The smallest absolute Gasteiger partial charge is 0.244 e. The van der Waals surface area contributed by atoms with Crippen molar-refractivity contribution >= 4 is 29.5 Å². The molecule has 3 aliphatic heterocycles. The number of nitrogens with one attached hydrogen (secondary N) is 2. The van der Waals surface area contributed by atoms with Crippen LogP contribution in [0.15, 0.2) is 30.3 Å². The van der Waals surface area contributed by atoms with E-state index in [9.17, 15) is 19.5 Å². The van der Waals surface area contributed by atoms with Crippen LogP contribution >= 0.6 is 11.8 Å². The van der Waals surface area contributed by atoms with Gasteiger partial charge in [-0.2, -0.15) is 0 Å². The molecule has 168 valence electrons.